The van der Waals surface area contributed by atoms with Crippen molar-refractivity contribution in [2.75, 3.05) is 0 Å². The Kier molecular flexibility index (Phi) is 4.16. The minimum atomic E-state index is 0.229. The van der Waals surface area contributed by atoms with Crippen LogP contribution >= 0.6 is 15.9 Å². The second-order valence-electron chi connectivity index (χ2n) is 3.11. The molecule has 0 saturated carbocycles. The predicted octanol–water partition coefficient (Wildman–Crippen LogP) is 3.43. The van der Waals surface area contributed by atoms with Gasteiger partial charge in [-0.05, 0) is 6.42 Å². The van der Waals surface area contributed by atoms with Crippen LogP contribution in [0.15, 0.2) is 30.3 Å². The number of halogens is 1. The van der Waals surface area contributed by atoms with E-state index in [1.54, 1.807) is 0 Å². The standard InChI is InChI=1S/C11H13BrO/c1-9(12)7-8-11(13)10-5-3-2-4-6-10/h2-6,9H,7-8H2,1H3/t9-/m1/s1. The van der Waals surface area contributed by atoms with E-state index in [9.17, 15) is 4.79 Å². The summed E-state index contributed by atoms with van der Waals surface area (Å²) in [5.41, 5.74) is 0.815. The van der Waals surface area contributed by atoms with Crippen molar-refractivity contribution < 1.29 is 4.79 Å². The molecule has 0 aliphatic heterocycles. The highest BCUT2D eigenvalue weighted by Gasteiger charge is 2.05. The fraction of sp³-hybridized carbons (Fsp3) is 0.364. The van der Waals surface area contributed by atoms with Gasteiger partial charge in [-0.2, -0.15) is 0 Å². The van der Waals surface area contributed by atoms with Crippen LogP contribution in [-0.4, -0.2) is 10.6 Å². The molecule has 0 aromatic heterocycles. The molecule has 1 rings (SSSR count). The molecule has 0 aliphatic carbocycles. The molecule has 1 atom stereocenters. The molecule has 0 amide bonds. The summed E-state index contributed by atoms with van der Waals surface area (Å²) < 4.78 is 0. The SMILES string of the molecule is C[C@@H](Br)CCC(=O)c1ccccc1. The maximum Gasteiger partial charge on any atom is 0.162 e. The molecule has 0 bridgehead atoms. The number of carbonyl (C=O) groups excluding carboxylic acids is 1. The highest BCUT2D eigenvalue weighted by molar-refractivity contribution is 9.09. The minimum absolute atomic E-state index is 0.229. The Balaban J connectivity index is 2.50. The van der Waals surface area contributed by atoms with Gasteiger partial charge in [0.15, 0.2) is 5.78 Å². The summed E-state index contributed by atoms with van der Waals surface area (Å²) in [6, 6.07) is 9.43. The van der Waals surface area contributed by atoms with Crippen LogP contribution in [0, 0.1) is 0 Å². The lowest BCUT2D eigenvalue weighted by Gasteiger charge is -2.02. The molecule has 13 heavy (non-hydrogen) atoms. The van der Waals surface area contributed by atoms with Crippen LogP contribution in [0.3, 0.4) is 0 Å². The molecule has 0 heterocycles. The Morgan fingerprint density at radius 1 is 1.38 bits per heavy atom. The molecule has 0 unspecified atom stereocenters. The molecule has 0 fully saturated rings. The van der Waals surface area contributed by atoms with Crippen molar-refractivity contribution in [1.29, 1.82) is 0 Å². The first-order valence-corrected chi connectivity index (χ1v) is 5.34. The van der Waals surface area contributed by atoms with Gasteiger partial charge in [-0.25, -0.2) is 0 Å². The molecule has 1 aromatic carbocycles. The van der Waals surface area contributed by atoms with Gasteiger partial charge in [0.05, 0.1) is 0 Å². The molecule has 0 aliphatic rings. The normalized spacial score (nSPS) is 12.5. The van der Waals surface area contributed by atoms with Crippen molar-refractivity contribution in [3.05, 3.63) is 35.9 Å². The smallest absolute Gasteiger partial charge is 0.162 e. The van der Waals surface area contributed by atoms with Gasteiger partial charge in [0.2, 0.25) is 0 Å². The zero-order chi connectivity index (χ0) is 9.68. The van der Waals surface area contributed by atoms with Crippen LogP contribution in [0.2, 0.25) is 0 Å². The van der Waals surface area contributed by atoms with E-state index in [2.05, 4.69) is 22.9 Å². The topological polar surface area (TPSA) is 17.1 Å². The van der Waals surface area contributed by atoms with E-state index >= 15 is 0 Å². The lowest BCUT2D eigenvalue weighted by molar-refractivity contribution is 0.0980. The van der Waals surface area contributed by atoms with Crippen LogP contribution in [0.25, 0.3) is 0 Å². The van der Waals surface area contributed by atoms with Gasteiger partial charge in [-0.1, -0.05) is 53.2 Å². The van der Waals surface area contributed by atoms with Gasteiger partial charge in [0.1, 0.15) is 0 Å². The first-order valence-electron chi connectivity index (χ1n) is 4.42. The summed E-state index contributed by atoms with van der Waals surface area (Å²) in [5, 5.41) is 0. The number of benzene rings is 1. The number of Topliss-reactive ketones (excluding diaryl/α,β-unsaturated/α-hetero) is 1. The Morgan fingerprint density at radius 3 is 2.54 bits per heavy atom. The van der Waals surface area contributed by atoms with Crippen LogP contribution in [-0.2, 0) is 0 Å². The van der Waals surface area contributed by atoms with Crippen molar-refractivity contribution in [2.45, 2.75) is 24.6 Å². The number of rotatable bonds is 4. The van der Waals surface area contributed by atoms with E-state index in [0.29, 0.717) is 11.2 Å². The van der Waals surface area contributed by atoms with Gasteiger partial charge < -0.3 is 0 Å². The highest BCUT2D eigenvalue weighted by atomic mass is 79.9. The molecule has 0 radical (unpaired) electrons. The fourth-order valence-electron chi connectivity index (χ4n) is 1.10. The summed E-state index contributed by atoms with van der Waals surface area (Å²) in [6.07, 6.45) is 1.52. The number of carbonyl (C=O) groups is 1. The minimum Gasteiger partial charge on any atom is -0.294 e. The van der Waals surface area contributed by atoms with Crippen LogP contribution in [0.5, 0.6) is 0 Å². The van der Waals surface area contributed by atoms with E-state index in [-0.39, 0.29) is 5.78 Å². The summed E-state index contributed by atoms with van der Waals surface area (Å²) in [4.78, 5) is 11.9. The molecule has 70 valence electrons. The lowest BCUT2D eigenvalue weighted by atomic mass is 10.1. The first-order chi connectivity index (χ1) is 6.20. The molecule has 2 heteroatoms. The average Bonchev–Trinajstić information content (AvgIpc) is 2.15. The number of hydrogen-bond acceptors (Lipinski definition) is 1. The van der Waals surface area contributed by atoms with Crippen molar-refractivity contribution in [2.24, 2.45) is 0 Å². The third kappa shape index (κ3) is 3.73. The van der Waals surface area contributed by atoms with Crippen LogP contribution in [0.4, 0.5) is 0 Å². The number of hydrogen-bond donors (Lipinski definition) is 0. The number of alkyl halides is 1. The average molecular weight is 241 g/mol. The molecule has 0 N–H and O–H groups in total. The van der Waals surface area contributed by atoms with E-state index in [1.807, 2.05) is 30.3 Å². The zero-order valence-electron chi connectivity index (χ0n) is 7.66. The first kappa shape index (κ1) is 10.5. The van der Waals surface area contributed by atoms with Gasteiger partial charge in [0, 0.05) is 16.8 Å². The molecule has 1 aromatic rings. The maximum atomic E-state index is 11.5. The zero-order valence-corrected chi connectivity index (χ0v) is 9.25. The largest absolute Gasteiger partial charge is 0.294 e. The second kappa shape index (κ2) is 5.18. The van der Waals surface area contributed by atoms with Gasteiger partial charge >= 0.3 is 0 Å². The molecule has 0 saturated heterocycles. The van der Waals surface area contributed by atoms with Crippen LogP contribution < -0.4 is 0 Å². The third-order valence-electron chi connectivity index (χ3n) is 1.86. The summed E-state index contributed by atoms with van der Waals surface area (Å²) >= 11 is 3.42. The van der Waals surface area contributed by atoms with Gasteiger partial charge in [0.25, 0.3) is 0 Å². The summed E-state index contributed by atoms with van der Waals surface area (Å²) in [6.45, 7) is 2.05. The van der Waals surface area contributed by atoms with Crippen molar-refractivity contribution in [3.63, 3.8) is 0 Å². The Morgan fingerprint density at radius 2 is 2.00 bits per heavy atom. The molecule has 1 nitrogen and oxygen atoms in total. The van der Waals surface area contributed by atoms with E-state index in [1.165, 1.54) is 0 Å². The summed E-state index contributed by atoms with van der Waals surface area (Å²) in [7, 11) is 0. The van der Waals surface area contributed by atoms with Gasteiger partial charge in [-0.3, -0.25) is 4.79 Å². The third-order valence-corrected chi connectivity index (χ3v) is 2.32. The number of ketones is 1. The molecule has 0 spiro atoms. The monoisotopic (exact) mass is 240 g/mol. The van der Waals surface area contributed by atoms with E-state index in [4.69, 9.17) is 0 Å². The fourth-order valence-corrected chi connectivity index (χ4v) is 1.33. The van der Waals surface area contributed by atoms with Crippen molar-refractivity contribution >= 4 is 21.7 Å². The Bertz CT molecular complexity index is 267. The second-order valence-corrected chi connectivity index (χ2v) is 4.67. The highest BCUT2D eigenvalue weighted by Crippen LogP contribution is 2.10. The Labute approximate surface area is 87.3 Å². The predicted molar refractivity (Wildman–Crippen MR) is 58.4 cm³/mol. The lowest BCUT2D eigenvalue weighted by Crippen LogP contribution is -2.01. The van der Waals surface area contributed by atoms with E-state index in [0.717, 1.165) is 12.0 Å². The molecular weight excluding hydrogens is 228 g/mol. The molecular formula is C11H13BrO. The maximum absolute atomic E-state index is 11.5. The van der Waals surface area contributed by atoms with Gasteiger partial charge in [-0.15, -0.1) is 0 Å². The van der Waals surface area contributed by atoms with Crippen molar-refractivity contribution in [1.82, 2.24) is 0 Å². The van der Waals surface area contributed by atoms with Crippen LogP contribution in [0.1, 0.15) is 30.1 Å². The van der Waals surface area contributed by atoms with Crippen molar-refractivity contribution in [3.8, 4) is 0 Å². The quantitative estimate of drug-likeness (QED) is 0.583. The van der Waals surface area contributed by atoms with E-state index < -0.39 is 0 Å². The Hall–Kier alpha value is -0.630. The summed E-state index contributed by atoms with van der Waals surface area (Å²) in [5.74, 6) is 0.229.